The molecular weight excluding hydrogens is 494 g/mol. The zero-order chi connectivity index (χ0) is 28.7. The minimum absolute atomic E-state index is 0.0233. The van der Waals surface area contributed by atoms with Gasteiger partial charge in [0.05, 0.1) is 0 Å². The van der Waals surface area contributed by atoms with Crippen LogP contribution in [0.5, 0.6) is 5.75 Å². The van der Waals surface area contributed by atoms with Crippen LogP contribution >= 0.6 is 0 Å². The lowest BCUT2D eigenvalue weighted by atomic mass is 9.95. The lowest BCUT2D eigenvalue weighted by Gasteiger charge is -2.35. The van der Waals surface area contributed by atoms with E-state index in [4.69, 9.17) is 4.74 Å². The molecule has 0 radical (unpaired) electrons. The predicted molar refractivity (Wildman–Crippen MR) is 153 cm³/mol. The van der Waals surface area contributed by atoms with Crippen molar-refractivity contribution in [2.45, 2.75) is 65.6 Å². The molecular formula is C31H39N3O5. The van der Waals surface area contributed by atoms with Crippen LogP contribution in [-0.2, 0) is 14.3 Å². The number of carbonyl (C=O) groups excluding carboxylic acids is 3. The van der Waals surface area contributed by atoms with Gasteiger partial charge in [-0.05, 0) is 74.2 Å². The maximum atomic E-state index is 14.0. The number of nitrogens with zero attached hydrogens (tertiary/aromatic N) is 1. The summed E-state index contributed by atoms with van der Waals surface area (Å²) in [6.07, 6.45) is -0.0872. The summed E-state index contributed by atoms with van der Waals surface area (Å²) in [5.74, 6) is -1.11. The molecule has 0 saturated carbocycles. The van der Waals surface area contributed by atoms with E-state index in [0.717, 1.165) is 10.8 Å². The number of fused-ring (bicyclic) bond motifs is 1. The summed E-state index contributed by atoms with van der Waals surface area (Å²) in [7, 11) is 0. The van der Waals surface area contributed by atoms with Crippen LogP contribution in [0.25, 0.3) is 10.8 Å². The molecule has 0 heterocycles. The molecule has 0 aliphatic carbocycles. The molecule has 0 spiro atoms. The third-order valence-corrected chi connectivity index (χ3v) is 6.54. The average molecular weight is 534 g/mol. The van der Waals surface area contributed by atoms with Gasteiger partial charge < -0.3 is 25.4 Å². The van der Waals surface area contributed by atoms with E-state index in [1.807, 2.05) is 56.3 Å². The number of aromatic hydroxyl groups is 1. The lowest BCUT2D eigenvalue weighted by Crippen LogP contribution is -2.54. The summed E-state index contributed by atoms with van der Waals surface area (Å²) in [6.45, 7) is 11.0. The zero-order valence-corrected chi connectivity index (χ0v) is 23.5. The Balaban J connectivity index is 1.98. The first-order valence-corrected chi connectivity index (χ1v) is 13.3. The Morgan fingerprint density at radius 3 is 2.26 bits per heavy atom. The van der Waals surface area contributed by atoms with E-state index in [1.165, 1.54) is 17.0 Å². The summed E-state index contributed by atoms with van der Waals surface area (Å²) in [4.78, 5) is 41.9. The van der Waals surface area contributed by atoms with Gasteiger partial charge in [-0.15, -0.1) is 0 Å². The van der Waals surface area contributed by atoms with Gasteiger partial charge in [0.1, 0.15) is 23.4 Å². The van der Waals surface area contributed by atoms with Gasteiger partial charge in [0.25, 0.3) is 5.91 Å². The van der Waals surface area contributed by atoms with E-state index in [2.05, 4.69) is 10.6 Å². The molecule has 0 fully saturated rings. The van der Waals surface area contributed by atoms with Crippen molar-refractivity contribution < 1.29 is 24.2 Å². The normalized spacial score (nSPS) is 13.7. The highest BCUT2D eigenvalue weighted by atomic mass is 16.6. The van der Waals surface area contributed by atoms with E-state index < -0.39 is 35.6 Å². The molecule has 3 rings (SSSR count). The molecule has 8 heteroatoms. The number of rotatable bonds is 9. The number of alkyl carbamates (subject to hydrolysis) is 1. The predicted octanol–water partition coefficient (Wildman–Crippen LogP) is 6.01. The van der Waals surface area contributed by atoms with Crippen LogP contribution in [0, 0.1) is 5.92 Å². The molecule has 3 atom stereocenters. The Morgan fingerprint density at radius 2 is 1.64 bits per heavy atom. The van der Waals surface area contributed by atoms with Gasteiger partial charge in [0, 0.05) is 12.2 Å². The highest BCUT2D eigenvalue weighted by Crippen LogP contribution is 2.28. The number of anilines is 1. The van der Waals surface area contributed by atoms with Gasteiger partial charge >= 0.3 is 6.09 Å². The summed E-state index contributed by atoms with van der Waals surface area (Å²) in [5.41, 5.74) is 0.294. The first-order chi connectivity index (χ1) is 18.4. The van der Waals surface area contributed by atoms with Crippen molar-refractivity contribution in [1.82, 2.24) is 10.2 Å². The highest BCUT2D eigenvalue weighted by molar-refractivity contribution is 6.00. The molecule has 3 aromatic carbocycles. The van der Waals surface area contributed by atoms with Crippen LogP contribution in [0.4, 0.5) is 10.5 Å². The minimum atomic E-state index is -1.06. The molecule has 208 valence electrons. The van der Waals surface area contributed by atoms with E-state index >= 15 is 0 Å². The third kappa shape index (κ3) is 7.72. The maximum absolute atomic E-state index is 14.0. The number of nitrogens with one attached hydrogen (secondary N) is 2. The van der Waals surface area contributed by atoms with Crippen molar-refractivity contribution >= 4 is 34.4 Å². The molecule has 3 aromatic rings. The second kappa shape index (κ2) is 12.7. The summed E-state index contributed by atoms with van der Waals surface area (Å²) >= 11 is 0. The fourth-order valence-corrected chi connectivity index (χ4v) is 4.41. The number of hydrogen-bond donors (Lipinski definition) is 3. The molecule has 3 N–H and O–H groups in total. The average Bonchev–Trinajstić information content (AvgIpc) is 2.88. The van der Waals surface area contributed by atoms with Crippen LogP contribution in [-0.4, -0.2) is 46.1 Å². The first-order valence-electron chi connectivity index (χ1n) is 13.3. The largest absolute Gasteiger partial charge is 0.508 e. The third-order valence-electron chi connectivity index (χ3n) is 6.54. The molecule has 0 bridgehead atoms. The number of hydrogen-bond acceptors (Lipinski definition) is 5. The van der Waals surface area contributed by atoms with Crippen molar-refractivity contribution in [3.05, 3.63) is 72.3 Å². The zero-order valence-electron chi connectivity index (χ0n) is 23.5. The van der Waals surface area contributed by atoms with Crippen LogP contribution in [0.3, 0.4) is 0 Å². The standard InChI is InChI=1S/C31H39N3O5/c1-7-20(3)26(33-30(38)39-31(4,5)6)29(37)34(8-2)27(23-14-11-15-25(35)19-23)28(36)32-24-17-16-21-12-9-10-13-22(21)18-24/h9-20,26-27,35H,7-8H2,1-6H3,(H,32,36)(H,33,38). The van der Waals surface area contributed by atoms with Crippen molar-refractivity contribution in [3.63, 3.8) is 0 Å². The number of amides is 3. The van der Waals surface area contributed by atoms with Gasteiger partial charge in [-0.2, -0.15) is 0 Å². The van der Waals surface area contributed by atoms with Crippen molar-refractivity contribution in [2.75, 3.05) is 11.9 Å². The number of phenolic OH excluding ortho intramolecular Hbond substituents is 1. The number of ether oxygens (including phenoxy) is 1. The first kappa shape index (κ1) is 29.5. The monoisotopic (exact) mass is 533 g/mol. The molecule has 3 unspecified atom stereocenters. The number of carbonyl (C=O) groups is 3. The second-order valence-electron chi connectivity index (χ2n) is 10.7. The van der Waals surface area contributed by atoms with Crippen LogP contribution in [0.1, 0.15) is 59.6 Å². The summed E-state index contributed by atoms with van der Waals surface area (Å²) in [6, 6.07) is 17.7. The minimum Gasteiger partial charge on any atom is -0.508 e. The maximum Gasteiger partial charge on any atom is 0.408 e. The molecule has 0 saturated heterocycles. The fourth-order valence-electron chi connectivity index (χ4n) is 4.41. The van der Waals surface area contributed by atoms with E-state index in [-0.39, 0.29) is 18.2 Å². The number of likely N-dealkylation sites (N-methyl/N-ethyl adjacent to an activating group) is 1. The lowest BCUT2D eigenvalue weighted by molar-refractivity contribution is -0.141. The van der Waals surface area contributed by atoms with Crippen molar-refractivity contribution in [1.29, 1.82) is 0 Å². The van der Waals surface area contributed by atoms with Gasteiger partial charge in [-0.25, -0.2) is 4.79 Å². The van der Waals surface area contributed by atoms with Gasteiger partial charge in [0.15, 0.2) is 0 Å². The van der Waals surface area contributed by atoms with Crippen molar-refractivity contribution in [2.24, 2.45) is 5.92 Å². The molecule has 0 aromatic heterocycles. The second-order valence-corrected chi connectivity index (χ2v) is 10.7. The van der Waals surface area contributed by atoms with Gasteiger partial charge in [-0.1, -0.05) is 62.7 Å². The Bertz CT molecular complexity index is 1320. The van der Waals surface area contributed by atoms with E-state index in [1.54, 1.807) is 39.8 Å². The van der Waals surface area contributed by atoms with Gasteiger partial charge in [0.2, 0.25) is 5.91 Å². The topological polar surface area (TPSA) is 108 Å². The fraction of sp³-hybridized carbons (Fsp3) is 0.387. The molecule has 0 aliphatic rings. The summed E-state index contributed by atoms with van der Waals surface area (Å²) in [5, 5.41) is 17.9. The SMILES string of the molecule is CCC(C)C(NC(=O)OC(C)(C)C)C(=O)N(CC)C(C(=O)Nc1ccc2ccccc2c1)c1cccc(O)c1. The van der Waals surface area contributed by atoms with Crippen LogP contribution in [0.2, 0.25) is 0 Å². The molecule has 39 heavy (non-hydrogen) atoms. The van der Waals surface area contributed by atoms with E-state index in [0.29, 0.717) is 17.7 Å². The quantitative estimate of drug-likeness (QED) is 0.312. The van der Waals surface area contributed by atoms with Crippen LogP contribution in [0.15, 0.2) is 66.7 Å². The molecule has 3 amide bonds. The highest BCUT2D eigenvalue weighted by Gasteiger charge is 2.37. The van der Waals surface area contributed by atoms with Gasteiger partial charge in [-0.3, -0.25) is 9.59 Å². The Labute approximate surface area is 230 Å². The number of phenols is 1. The summed E-state index contributed by atoms with van der Waals surface area (Å²) < 4.78 is 5.42. The molecule has 8 nitrogen and oxygen atoms in total. The Hall–Kier alpha value is -4.07. The smallest absolute Gasteiger partial charge is 0.408 e. The van der Waals surface area contributed by atoms with E-state index in [9.17, 15) is 19.5 Å². The molecule has 0 aliphatic heterocycles. The Kier molecular flexibility index (Phi) is 9.56. The Morgan fingerprint density at radius 1 is 0.949 bits per heavy atom. The van der Waals surface area contributed by atoms with Crippen LogP contribution < -0.4 is 10.6 Å². The number of benzene rings is 3. The van der Waals surface area contributed by atoms with Crippen molar-refractivity contribution in [3.8, 4) is 5.75 Å².